The van der Waals surface area contributed by atoms with Crippen molar-refractivity contribution in [2.45, 2.75) is 32.2 Å². The largest absolute Gasteiger partial charge is 0.495 e. The van der Waals surface area contributed by atoms with Gasteiger partial charge in [0, 0.05) is 12.8 Å². The van der Waals surface area contributed by atoms with E-state index in [0.29, 0.717) is 23.6 Å². The number of carbonyl (C=O) groups is 2. The van der Waals surface area contributed by atoms with Gasteiger partial charge in [-0.05, 0) is 36.6 Å². The van der Waals surface area contributed by atoms with Crippen molar-refractivity contribution < 1.29 is 19.1 Å². The number of aryl methyl sites for hydroxylation is 1. The summed E-state index contributed by atoms with van der Waals surface area (Å²) >= 11 is 6.11. The number of rotatable bonds is 9. The van der Waals surface area contributed by atoms with Gasteiger partial charge < -0.3 is 14.8 Å². The van der Waals surface area contributed by atoms with Crippen molar-refractivity contribution in [1.29, 1.82) is 0 Å². The molecular weight excluding hydrogens is 366 g/mol. The van der Waals surface area contributed by atoms with E-state index >= 15 is 0 Å². The summed E-state index contributed by atoms with van der Waals surface area (Å²) in [5.74, 6) is -0.0479. The Morgan fingerprint density at radius 1 is 1.11 bits per heavy atom. The zero-order chi connectivity index (χ0) is 19.6. The summed E-state index contributed by atoms with van der Waals surface area (Å²) in [6, 6.07) is 14.2. The molecule has 144 valence electrons. The molecule has 0 saturated heterocycles. The molecule has 0 aliphatic heterocycles. The monoisotopic (exact) mass is 389 g/mol. The first kappa shape index (κ1) is 20.8. The summed E-state index contributed by atoms with van der Waals surface area (Å²) in [6.45, 7) is 2.01. The highest BCUT2D eigenvalue weighted by Gasteiger charge is 2.22. The van der Waals surface area contributed by atoms with Crippen LogP contribution in [0.3, 0.4) is 0 Å². The van der Waals surface area contributed by atoms with Crippen LogP contribution in [0.15, 0.2) is 48.5 Å². The first-order valence-electron chi connectivity index (χ1n) is 8.85. The fraction of sp³-hybridized carbons (Fsp3) is 0.333. The molecule has 1 unspecified atom stereocenters. The molecule has 0 aromatic heterocycles. The fourth-order valence-corrected chi connectivity index (χ4v) is 2.96. The van der Waals surface area contributed by atoms with Crippen molar-refractivity contribution in [1.82, 2.24) is 5.32 Å². The van der Waals surface area contributed by atoms with E-state index in [-0.39, 0.29) is 18.9 Å². The van der Waals surface area contributed by atoms with Gasteiger partial charge in [-0.25, -0.2) is 4.79 Å². The lowest BCUT2D eigenvalue weighted by atomic mass is 10.1. The Bertz CT molecular complexity index is 764. The average molecular weight is 390 g/mol. The topological polar surface area (TPSA) is 64.6 Å². The van der Waals surface area contributed by atoms with Gasteiger partial charge in [-0.3, -0.25) is 4.79 Å². The number of hydrogen-bond donors (Lipinski definition) is 1. The van der Waals surface area contributed by atoms with Crippen molar-refractivity contribution in [3.05, 3.63) is 64.7 Å². The third-order valence-corrected chi connectivity index (χ3v) is 4.34. The van der Waals surface area contributed by atoms with Crippen LogP contribution in [0.25, 0.3) is 0 Å². The summed E-state index contributed by atoms with van der Waals surface area (Å²) in [4.78, 5) is 24.6. The number of benzene rings is 2. The number of methoxy groups -OCH3 is 1. The quantitative estimate of drug-likeness (QED) is 0.666. The highest BCUT2D eigenvalue weighted by atomic mass is 35.5. The number of carbonyl (C=O) groups excluding carboxylic acids is 2. The van der Waals surface area contributed by atoms with Gasteiger partial charge in [0.05, 0.1) is 18.7 Å². The molecular formula is C21H24ClNO4. The number of amides is 1. The van der Waals surface area contributed by atoms with E-state index < -0.39 is 12.0 Å². The second-order valence-electron chi connectivity index (χ2n) is 6.03. The lowest BCUT2D eigenvalue weighted by molar-refractivity contribution is -0.147. The van der Waals surface area contributed by atoms with Gasteiger partial charge in [-0.1, -0.05) is 48.0 Å². The number of halogens is 1. The lowest BCUT2D eigenvalue weighted by Crippen LogP contribution is -2.43. The SMILES string of the molecule is CCOC(=O)C(Cc1ccccc1)NC(=O)CCc1ccc(OC)c(Cl)c1. The second-order valence-corrected chi connectivity index (χ2v) is 6.44. The van der Waals surface area contributed by atoms with Crippen LogP contribution in [-0.4, -0.2) is 31.6 Å². The van der Waals surface area contributed by atoms with E-state index in [1.807, 2.05) is 36.4 Å². The lowest BCUT2D eigenvalue weighted by Gasteiger charge is -2.17. The molecule has 0 heterocycles. The first-order valence-corrected chi connectivity index (χ1v) is 9.23. The standard InChI is InChI=1S/C21H24ClNO4/c1-3-27-21(25)18(14-15-7-5-4-6-8-15)23-20(24)12-10-16-9-11-19(26-2)17(22)13-16/h4-9,11,13,18H,3,10,12,14H2,1-2H3,(H,23,24). The summed E-state index contributed by atoms with van der Waals surface area (Å²) < 4.78 is 10.2. The minimum absolute atomic E-state index is 0.212. The smallest absolute Gasteiger partial charge is 0.328 e. The highest BCUT2D eigenvalue weighted by molar-refractivity contribution is 6.32. The zero-order valence-electron chi connectivity index (χ0n) is 15.5. The van der Waals surface area contributed by atoms with Gasteiger partial charge in [0.25, 0.3) is 0 Å². The second kappa shape index (κ2) is 10.6. The number of esters is 1. The van der Waals surface area contributed by atoms with Gasteiger partial charge in [0.1, 0.15) is 11.8 Å². The molecule has 6 heteroatoms. The predicted molar refractivity (Wildman–Crippen MR) is 105 cm³/mol. The maximum Gasteiger partial charge on any atom is 0.328 e. The van der Waals surface area contributed by atoms with Crippen LogP contribution in [0.4, 0.5) is 0 Å². The molecule has 0 saturated carbocycles. The van der Waals surface area contributed by atoms with Gasteiger partial charge in [-0.15, -0.1) is 0 Å². The molecule has 2 rings (SSSR count). The Kier molecular flexibility index (Phi) is 8.14. The Morgan fingerprint density at radius 2 is 1.85 bits per heavy atom. The maximum atomic E-state index is 12.4. The molecule has 1 amide bonds. The molecule has 0 spiro atoms. The number of ether oxygens (including phenoxy) is 2. The fourth-order valence-electron chi connectivity index (χ4n) is 2.68. The summed E-state index contributed by atoms with van der Waals surface area (Å²) in [6.07, 6.45) is 1.14. The van der Waals surface area contributed by atoms with Crippen LogP contribution in [0.2, 0.25) is 5.02 Å². The number of nitrogens with one attached hydrogen (secondary N) is 1. The van der Waals surface area contributed by atoms with Gasteiger partial charge >= 0.3 is 5.97 Å². The van der Waals surface area contributed by atoms with Crippen LogP contribution in [0.5, 0.6) is 5.75 Å². The molecule has 5 nitrogen and oxygen atoms in total. The van der Waals surface area contributed by atoms with Gasteiger partial charge in [-0.2, -0.15) is 0 Å². The Hall–Kier alpha value is -2.53. The summed E-state index contributed by atoms with van der Waals surface area (Å²) in [5, 5.41) is 3.29. The molecule has 2 aromatic carbocycles. The van der Waals surface area contributed by atoms with Crippen molar-refractivity contribution in [3.8, 4) is 5.75 Å². The molecule has 0 fully saturated rings. The Balaban J connectivity index is 1.96. The van der Waals surface area contributed by atoms with Crippen molar-refractivity contribution in [3.63, 3.8) is 0 Å². The van der Waals surface area contributed by atoms with E-state index in [1.165, 1.54) is 0 Å². The Labute approximate surface area is 164 Å². The van der Waals surface area contributed by atoms with Crippen LogP contribution >= 0.6 is 11.6 Å². The third kappa shape index (κ3) is 6.61. The maximum absolute atomic E-state index is 12.4. The summed E-state index contributed by atoms with van der Waals surface area (Å²) in [5.41, 5.74) is 1.88. The van der Waals surface area contributed by atoms with Crippen LogP contribution in [0, 0.1) is 0 Å². The predicted octanol–water partition coefficient (Wildman–Crippen LogP) is 3.57. The normalized spacial score (nSPS) is 11.5. The summed E-state index contributed by atoms with van der Waals surface area (Å²) in [7, 11) is 1.55. The van der Waals surface area contributed by atoms with E-state index in [0.717, 1.165) is 11.1 Å². The van der Waals surface area contributed by atoms with Crippen LogP contribution < -0.4 is 10.1 Å². The highest BCUT2D eigenvalue weighted by Crippen LogP contribution is 2.25. The van der Waals surface area contributed by atoms with Crippen molar-refractivity contribution >= 4 is 23.5 Å². The third-order valence-electron chi connectivity index (χ3n) is 4.05. The van der Waals surface area contributed by atoms with E-state index in [4.69, 9.17) is 21.1 Å². The molecule has 2 aromatic rings. The van der Waals surface area contributed by atoms with Crippen LogP contribution in [-0.2, 0) is 27.2 Å². The van der Waals surface area contributed by atoms with Crippen LogP contribution in [0.1, 0.15) is 24.5 Å². The van der Waals surface area contributed by atoms with Crippen molar-refractivity contribution in [2.24, 2.45) is 0 Å². The zero-order valence-corrected chi connectivity index (χ0v) is 16.3. The molecule has 0 radical (unpaired) electrons. The molecule has 1 N–H and O–H groups in total. The first-order chi connectivity index (χ1) is 13.0. The molecule has 27 heavy (non-hydrogen) atoms. The molecule has 0 bridgehead atoms. The van der Waals surface area contributed by atoms with Gasteiger partial charge in [0.15, 0.2) is 0 Å². The number of hydrogen-bond acceptors (Lipinski definition) is 4. The molecule has 0 aliphatic rings. The minimum Gasteiger partial charge on any atom is -0.495 e. The van der Waals surface area contributed by atoms with E-state index in [2.05, 4.69) is 5.32 Å². The molecule has 1 atom stereocenters. The van der Waals surface area contributed by atoms with E-state index in [1.54, 1.807) is 26.2 Å². The van der Waals surface area contributed by atoms with Gasteiger partial charge in [0.2, 0.25) is 5.91 Å². The Morgan fingerprint density at radius 3 is 2.48 bits per heavy atom. The average Bonchev–Trinajstić information content (AvgIpc) is 2.67. The van der Waals surface area contributed by atoms with Crippen molar-refractivity contribution in [2.75, 3.05) is 13.7 Å². The molecule has 0 aliphatic carbocycles. The minimum atomic E-state index is -0.709. The van der Waals surface area contributed by atoms with E-state index in [9.17, 15) is 9.59 Å².